The molecule has 4 aromatic carbocycles. The van der Waals surface area contributed by atoms with Crippen molar-refractivity contribution in [1.82, 2.24) is 0 Å². The summed E-state index contributed by atoms with van der Waals surface area (Å²) in [6.45, 7) is 4.46. The van der Waals surface area contributed by atoms with Crippen LogP contribution >= 0.6 is 11.6 Å². The number of ether oxygens (including phenoxy) is 1. The third kappa shape index (κ3) is 4.39. The van der Waals surface area contributed by atoms with Gasteiger partial charge in [-0.15, -0.1) is 0 Å². The van der Waals surface area contributed by atoms with Crippen LogP contribution in [0.15, 0.2) is 84.9 Å². The Morgan fingerprint density at radius 1 is 0.733 bits per heavy atom. The van der Waals surface area contributed by atoms with Gasteiger partial charge in [-0.1, -0.05) is 72.3 Å². The summed E-state index contributed by atoms with van der Waals surface area (Å²) in [7, 11) is 0. The van der Waals surface area contributed by atoms with Crippen LogP contribution < -0.4 is 4.74 Å². The first-order valence-electron chi connectivity index (χ1n) is 9.85. The molecule has 150 valence electrons. The Morgan fingerprint density at radius 2 is 1.33 bits per heavy atom. The molecule has 0 aliphatic rings. The van der Waals surface area contributed by atoms with Gasteiger partial charge in [0.15, 0.2) is 11.6 Å². The monoisotopic (exact) mass is 416 g/mol. The molecule has 4 aromatic rings. The van der Waals surface area contributed by atoms with Crippen LogP contribution in [0.1, 0.15) is 16.7 Å². The number of aryl methyl sites for hydroxylation is 2. The van der Waals surface area contributed by atoms with E-state index in [9.17, 15) is 4.39 Å². The van der Waals surface area contributed by atoms with Crippen molar-refractivity contribution >= 4 is 11.6 Å². The molecule has 0 bridgehead atoms. The van der Waals surface area contributed by atoms with Crippen molar-refractivity contribution in [3.8, 4) is 28.0 Å². The SMILES string of the molecule is Cc1cc(-c2ccc(OCc3ccccc3)c(F)c2)c(C)cc1-c1ccc(Cl)cc1. The van der Waals surface area contributed by atoms with Crippen LogP contribution in [-0.2, 0) is 6.61 Å². The van der Waals surface area contributed by atoms with E-state index in [0.29, 0.717) is 6.61 Å². The zero-order valence-electron chi connectivity index (χ0n) is 17.0. The van der Waals surface area contributed by atoms with Gasteiger partial charge in [-0.25, -0.2) is 4.39 Å². The van der Waals surface area contributed by atoms with Crippen molar-refractivity contribution in [2.24, 2.45) is 0 Å². The van der Waals surface area contributed by atoms with Crippen LogP contribution in [0.3, 0.4) is 0 Å². The Hall–Kier alpha value is -3.10. The van der Waals surface area contributed by atoms with Gasteiger partial charge in [0.25, 0.3) is 0 Å². The van der Waals surface area contributed by atoms with Crippen molar-refractivity contribution in [3.05, 3.63) is 112 Å². The molecule has 1 nitrogen and oxygen atoms in total. The molecule has 0 saturated carbocycles. The molecular formula is C27H22ClFO. The highest BCUT2D eigenvalue weighted by molar-refractivity contribution is 6.30. The Balaban J connectivity index is 1.60. The lowest BCUT2D eigenvalue weighted by Gasteiger charge is -2.14. The Labute approximate surface area is 181 Å². The average Bonchev–Trinajstić information content (AvgIpc) is 2.75. The number of halogens is 2. The molecule has 3 heteroatoms. The fraction of sp³-hybridized carbons (Fsp3) is 0.111. The Kier molecular flexibility index (Phi) is 5.87. The van der Waals surface area contributed by atoms with Gasteiger partial charge in [0, 0.05) is 5.02 Å². The molecular weight excluding hydrogens is 395 g/mol. The zero-order valence-corrected chi connectivity index (χ0v) is 17.7. The van der Waals surface area contributed by atoms with Gasteiger partial charge in [-0.05, 0) is 77.1 Å². The second-order valence-corrected chi connectivity index (χ2v) is 7.84. The van der Waals surface area contributed by atoms with E-state index in [0.717, 1.165) is 44.0 Å². The second kappa shape index (κ2) is 8.73. The standard InChI is InChI=1S/C27H22ClFO/c1-18-15-25(19(2)14-24(18)21-8-11-23(28)12-9-21)22-10-13-27(26(29)16-22)30-17-20-6-4-3-5-7-20/h3-16H,17H2,1-2H3. The van der Waals surface area contributed by atoms with E-state index in [1.165, 1.54) is 0 Å². The summed E-state index contributed by atoms with van der Waals surface area (Å²) in [6.07, 6.45) is 0. The summed E-state index contributed by atoms with van der Waals surface area (Å²) >= 11 is 6.01. The van der Waals surface area contributed by atoms with Crippen molar-refractivity contribution < 1.29 is 9.13 Å². The molecule has 0 aliphatic heterocycles. The molecule has 0 N–H and O–H groups in total. The number of benzene rings is 4. The van der Waals surface area contributed by atoms with E-state index < -0.39 is 0 Å². The smallest absolute Gasteiger partial charge is 0.165 e. The van der Waals surface area contributed by atoms with Crippen LogP contribution in [0.4, 0.5) is 4.39 Å². The molecule has 0 saturated heterocycles. The van der Waals surface area contributed by atoms with E-state index >= 15 is 0 Å². The summed E-state index contributed by atoms with van der Waals surface area (Å²) in [5, 5.41) is 0.717. The highest BCUT2D eigenvalue weighted by atomic mass is 35.5. The molecule has 0 aromatic heterocycles. The Bertz CT molecular complexity index is 1170. The maximum atomic E-state index is 14.7. The highest BCUT2D eigenvalue weighted by Crippen LogP contribution is 2.34. The first-order chi connectivity index (χ1) is 14.5. The zero-order chi connectivity index (χ0) is 21.1. The molecule has 4 rings (SSSR count). The fourth-order valence-electron chi connectivity index (χ4n) is 3.59. The number of hydrogen-bond donors (Lipinski definition) is 0. The van der Waals surface area contributed by atoms with E-state index in [1.54, 1.807) is 12.1 Å². The van der Waals surface area contributed by atoms with E-state index in [2.05, 4.69) is 19.1 Å². The molecule has 0 fully saturated rings. The summed E-state index contributed by atoms with van der Waals surface area (Å²) in [5.74, 6) is -0.1000. The van der Waals surface area contributed by atoms with Crippen LogP contribution in [-0.4, -0.2) is 0 Å². The van der Waals surface area contributed by atoms with Crippen LogP contribution in [0.25, 0.3) is 22.3 Å². The molecule has 0 amide bonds. The van der Waals surface area contributed by atoms with E-state index in [4.69, 9.17) is 16.3 Å². The summed E-state index contributed by atoms with van der Waals surface area (Å²) in [6, 6.07) is 27.0. The third-order valence-corrected chi connectivity index (χ3v) is 5.46. The predicted octanol–water partition coefficient (Wildman–Crippen LogP) is 8.01. The normalized spacial score (nSPS) is 10.8. The minimum absolute atomic E-state index is 0.259. The molecule has 0 radical (unpaired) electrons. The van der Waals surface area contributed by atoms with E-state index in [-0.39, 0.29) is 11.6 Å². The molecule has 0 heterocycles. The summed E-state index contributed by atoms with van der Waals surface area (Å²) in [4.78, 5) is 0. The molecule has 0 spiro atoms. The van der Waals surface area contributed by atoms with E-state index in [1.807, 2.05) is 67.6 Å². The molecule has 0 aliphatic carbocycles. The van der Waals surface area contributed by atoms with Crippen LogP contribution in [0.5, 0.6) is 5.75 Å². The molecule has 0 unspecified atom stereocenters. The maximum absolute atomic E-state index is 14.7. The quantitative estimate of drug-likeness (QED) is 0.320. The number of hydrogen-bond acceptors (Lipinski definition) is 1. The fourth-order valence-corrected chi connectivity index (χ4v) is 3.71. The van der Waals surface area contributed by atoms with Gasteiger partial charge >= 0.3 is 0 Å². The average molecular weight is 417 g/mol. The van der Waals surface area contributed by atoms with Gasteiger partial charge in [-0.3, -0.25) is 0 Å². The van der Waals surface area contributed by atoms with Gasteiger partial charge in [-0.2, -0.15) is 0 Å². The van der Waals surface area contributed by atoms with Gasteiger partial charge in [0.2, 0.25) is 0 Å². The number of rotatable bonds is 5. The first kappa shape index (κ1) is 20.2. The maximum Gasteiger partial charge on any atom is 0.165 e. The van der Waals surface area contributed by atoms with Crippen molar-refractivity contribution in [2.45, 2.75) is 20.5 Å². The van der Waals surface area contributed by atoms with Crippen LogP contribution in [0, 0.1) is 19.7 Å². The largest absolute Gasteiger partial charge is 0.486 e. The minimum atomic E-state index is -0.359. The Morgan fingerprint density at radius 3 is 1.97 bits per heavy atom. The summed E-state index contributed by atoms with van der Waals surface area (Å²) in [5.41, 5.74) is 7.33. The molecule has 30 heavy (non-hydrogen) atoms. The van der Waals surface area contributed by atoms with Gasteiger partial charge < -0.3 is 4.74 Å². The highest BCUT2D eigenvalue weighted by Gasteiger charge is 2.12. The third-order valence-electron chi connectivity index (χ3n) is 5.21. The lowest BCUT2D eigenvalue weighted by molar-refractivity contribution is 0.290. The minimum Gasteiger partial charge on any atom is -0.486 e. The molecule has 0 atom stereocenters. The van der Waals surface area contributed by atoms with Crippen LogP contribution in [0.2, 0.25) is 5.02 Å². The summed E-state index contributed by atoms with van der Waals surface area (Å²) < 4.78 is 20.4. The first-order valence-corrected chi connectivity index (χ1v) is 10.2. The lowest BCUT2D eigenvalue weighted by Crippen LogP contribution is -1.98. The predicted molar refractivity (Wildman–Crippen MR) is 123 cm³/mol. The van der Waals surface area contributed by atoms with Crippen molar-refractivity contribution in [1.29, 1.82) is 0 Å². The topological polar surface area (TPSA) is 9.23 Å². The van der Waals surface area contributed by atoms with Gasteiger partial charge in [0.1, 0.15) is 6.61 Å². The second-order valence-electron chi connectivity index (χ2n) is 7.41. The van der Waals surface area contributed by atoms with Crippen molar-refractivity contribution in [2.75, 3.05) is 0 Å². The van der Waals surface area contributed by atoms with Crippen molar-refractivity contribution in [3.63, 3.8) is 0 Å². The van der Waals surface area contributed by atoms with Gasteiger partial charge in [0.05, 0.1) is 0 Å². The lowest BCUT2D eigenvalue weighted by atomic mass is 9.92.